The lowest BCUT2D eigenvalue weighted by atomic mass is 10.1. The number of hydrogen-bond acceptors (Lipinski definition) is 3. The number of aromatic nitrogens is 1. The van der Waals surface area contributed by atoms with Crippen LogP contribution in [0.2, 0.25) is 0 Å². The minimum atomic E-state index is 0.620. The molecule has 96 valence electrons. The zero-order valence-corrected chi connectivity index (χ0v) is 11.5. The van der Waals surface area contributed by atoms with Gasteiger partial charge in [-0.1, -0.05) is 19.9 Å². The average Bonchev–Trinajstić information content (AvgIpc) is 2.37. The Bertz CT molecular complexity index is 325. The van der Waals surface area contributed by atoms with Crippen LogP contribution >= 0.6 is 0 Å². The van der Waals surface area contributed by atoms with Gasteiger partial charge < -0.3 is 5.32 Å². The van der Waals surface area contributed by atoms with Crippen molar-refractivity contribution in [1.82, 2.24) is 9.88 Å². The third-order valence-electron chi connectivity index (χ3n) is 3.23. The summed E-state index contributed by atoms with van der Waals surface area (Å²) in [5, 5.41) is 3.32. The number of pyridine rings is 1. The van der Waals surface area contributed by atoms with E-state index in [0.29, 0.717) is 6.04 Å². The fraction of sp³-hybridized carbons (Fsp3) is 0.643. The molecule has 1 rings (SSSR count). The minimum Gasteiger partial charge on any atom is -0.370 e. The van der Waals surface area contributed by atoms with Crippen LogP contribution in [0.1, 0.15) is 39.7 Å². The number of nitrogens with one attached hydrogen (secondary N) is 1. The molecule has 1 N–H and O–H groups in total. The predicted octanol–water partition coefficient (Wildman–Crippen LogP) is 3.13. The van der Waals surface area contributed by atoms with E-state index < -0.39 is 0 Å². The Hall–Kier alpha value is -1.09. The van der Waals surface area contributed by atoms with Crippen molar-refractivity contribution < 1.29 is 0 Å². The number of rotatable bonds is 7. The first-order valence-electron chi connectivity index (χ1n) is 6.64. The van der Waals surface area contributed by atoms with Gasteiger partial charge in [-0.2, -0.15) is 0 Å². The molecule has 0 aromatic carbocycles. The summed E-state index contributed by atoms with van der Waals surface area (Å²) in [7, 11) is 0. The molecule has 0 radical (unpaired) electrons. The second kappa shape index (κ2) is 7.28. The third-order valence-corrected chi connectivity index (χ3v) is 3.23. The lowest BCUT2D eigenvalue weighted by Crippen LogP contribution is -2.32. The Kier molecular flexibility index (Phi) is 5.98. The Morgan fingerprint density at radius 3 is 2.71 bits per heavy atom. The number of anilines is 1. The summed E-state index contributed by atoms with van der Waals surface area (Å²) in [5.41, 5.74) is 1.29. The van der Waals surface area contributed by atoms with Crippen LogP contribution in [0.4, 0.5) is 5.82 Å². The summed E-state index contributed by atoms with van der Waals surface area (Å²) >= 11 is 0. The first kappa shape index (κ1) is 14.0. The largest absolute Gasteiger partial charge is 0.370 e. The smallest absolute Gasteiger partial charge is 0.130 e. The minimum absolute atomic E-state index is 0.620. The van der Waals surface area contributed by atoms with E-state index in [4.69, 9.17) is 0 Å². The lowest BCUT2D eigenvalue weighted by Gasteiger charge is -2.27. The fourth-order valence-electron chi connectivity index (χ4n) is 1.95. The molecule has 0 fully saturated rings. The van der Waals surface area contributed by atoms with Gasteiger partial charge in [0.05, 0.1) is 0 Å². The second-order valence-corrected chi connectivity index (χ2v) is 4.36. The van der Waals surface area contributed by atoms with Gasteiger partial charge in [-0.05, 0) is 32.9 Å². The first-order valence-corrected chi connectivity index (χ1v) is 6.64. The molecular formula is C14H25N3. The normalized spacial score (nSPS) is 12.8. The molecular weight excluding hydrogens is 210 g/mol. The van der Waals surface area contributed by atoms with Crippen LogP contribution in [-0.2, 0) is 6.54 Å². The van der Waals surface area contributed by atoms with E-state index in [2.05, 4.69) is 49.0 Å². The molecule has 0 spiro atoms. The maximum absolute atomic E-state index is 4.40. The van der Waals surface area contributed by atoms with Gasteiger partial charge in [0.1, 0.15) is 5.82 Å². The van der Waals surface area contributed by atoms with Gasteiger partial charge in [0.25, 0.3) is 0 Å². The maximum Gasteiger partial charge on any atom is 0.130 e. The molecule has 0 aliphatic carbocycles. The number of hydrogen-bond donors (Lipinski definition) is 1. The molecule has 1 aromatic heterocycles. The van der Waals surface area contributed by atoms with Crippen LogP contribution in [-0.4, -0.2) is 29.0 Å². The summed E-state index contributed by atoms with van der Waals surface area (Å²) in [6.45, 7) is 11.8. The molecule has 17 heavy (non-hydrogen) atoms. The number of nitrogens with zero attached hydrogens (tertiary/aromatic N) is 2. The van der Waals surface area contributed by atoms with Crippen molar-refractivity contribution in [2.24, 2.45) is 0 Å². The van der Waals surface area contributed by atoms with Gasteiger partial charge in [-0.15, -0.1) is 0 Å². The van der Waals surface area contributed by atoms with Crippen molar-refractivity contribution >= 4 is 5.82 Å². The van der Waals surface area contributed by atoms with Gasteiger partial charge >= 0.3 is 0 Å². The third kappa shape index (κ3) is 4.00. The van der Waals surface area contributed by atoms with Gasteiger partial charge in [-0.25, -0.2) is 4.98 Å². The molecule has 0 saturated carbocycles. The van der Waals surface area contributed by atoms with E-state index in [1.54, 1.807) is 0 Å². The molecule has 0 bridgehead atoms. The Morgan fingerprint density at radius 1 is 1.35 bits per heavy atom. The zero-order valence-electron chi connectivity index (χ0n) is 11.5. The highest BCUT2D eigenvalue weighted by atomic mass is 15.1. The standard InChI is InChI=1S/C14H25N3/c1-5-12(4)17(7-3)11-13-9-8-10-16-14(13)15-6-2/h8-10,12H,5-7,11H2,1-4H3,(H,15,16). The summed E-state index contributed by atoms with van der Waals surface area (Å²) in [6.07, 6.45) is 3.03. The quantitative estimate of drug-likeness (QED) is 0.787. The molecule has 1 unspecified atom stereocenters. The molecule has 0 amide bonds. The highest BCUT2D eigenvalue weighted by molar-refractivity contribution is 5.43. The molecule has 1 heterocycles. The molecule has 1 atom stereocenters. The van der Waals surface area contributed by atoms with Gasteiger partial charge in [0, 0.05) is 30.9 Å². The topological polar surface area (TPSA) is 28.2 Å². The molecule has 0 aliphatic heterocycles. The van der Waals surface area contributed by atoms with E-state index in [0.717, 1.165) is 25.5 Å². The van der Waals surface area contributed by atoms with Crippen molar-refractivity contribution in [3.05, 3.63) is 23.9 Å². The molecule has 0 saturated heterocycles. The average molecular weight is 235 g/mol. The van der Waals surface area contributed by atoms with Crippen molar-refractivity contribution in [3.63, 3.8) is 0 Å². The molecule has 1 aromatic rings. The van der Waals surface area contributed by atoms with Crippen LogP contribution in [0, 0.1) is 0 Å². The second-order valence-electron chi connectivity index (χ2n) is 4.36. The summed E-state index contributed by atoms with van der Waals surface area (Å²) in [6, 6.07) is 4.80. The summed E-state index contributed by atoms with van der Waals surface area (Å²) < 4.78 is 0. The van der Waals surface area contributed by atoms with E-state index >= 15 is 0 Å². The highest BCUT2D eigenvalue weighted by Gasteiger charge is 2.12. The predicted molar refractivity (Wildman–Crippen MR) is 74.2 cm³/mol. The van der Waals surface area contributed by atoms with Crippen LogP contribution < -0.4 is 5.32 Å². The van der Waals surface area contributed by atoms with E-state index in [1.165, 1.54) is 12.0 Å². The van der Waals surface area contributed by atoms with E-state index in [-0.39, 0.29) is 0 Å². The van der Waals surface area contributed by atoms with Crippen LogP contribution in [0.3, 0.4) is 0 Å². The van der Waals surface area contributed by atoms with Gasteiger partial charge in [0.15, 0.2) is 0 Å². The van der Waals surface area contributed by atoms with Gasteiger partial charge in [-0.3, -0.25) is 4.90 Å². The van der Waals surface area contributed by atoms with Crippen LogP contribution in [0.5, 0.6) is 0 Å². The molecule has 3 heteroatoms. The summed E-state index contributed by atoms with van der Waals surface area (Å²) in [4.78, 5) is 6.89. The fourth-order valence-corrected chi connectivity index (χ4v) is 1.95. The zero-order chi connectivity index (χ0) is 12.7. The van der Waals surface area contributed by atoms with Crippen LogP contribution in [0.25, 0.3) is 0 Å². The van der Waals surface area contributed by atoms with Crippen molar-refractivity contribution in [1.29, 1.82) is 0 Å². The van der Waals surface area contributed by atoms with E-state index in [1.807, 2.05) is 12.3 Å². The SMILES string of the molecule is CCNc1ncccc1CN(CC)C(C)CC. The van der Waals surface area contributed by atoms with Crippen LogP contribution in [0.15, 0.2) is 18.3 Å². The van der Waals surface area contributed by atoms with Crippen molar-refractivity contribution in [2.45, 2.75) is 46.7 Å². The Morgan fingerprint density at radius 2 is 2.12 bits per heavy atom. The highest BCUT2D eigenvalue weighted by Crippen LogP contribution is 2.16. The maximum atomic E-state index is 4.40. The van der Waals surface area contributed by atoms with Crippen molar-refractivity contribution in [2.75, 3.05) is 18.4 Å². The molecule has 0 aliphatic rings. The monoisotopic (exact) mass is 235 g/mol. The summed E-state index contributed by atoms with van der Waals surface area (Å²) in [5.74, 6) is 1.02. The Balaban J connectivity index is 2.78. The van der Waals surface area contributed by atoms with E-state index in [9.17, 15) is 0 Å². The first-order chi connectivity index (χ1) is 8.22. The Labute approximate surface area is 105 Å². The van der Waals surface area contributed by atoms with Crippen molar-refractivity contribution in [3.8, 4) is 0 Å². The lowest BCUT2D eigenvalue weighted by molar-refractivity contribution is 0.206. The van der Waals surface area contributed by atoms with Gasteiger partial charge in [0.2, 0.25) is 0 Å². The molecule has 3 nitrogen and oxygen atoms in total.